The molecule has 0 aromatic carbocycles. The molecule has 140 valence electrons. The number of nitrogens with one attached hydrogen (secondary N) is 1. The first-order valence-electron chi connectivity index (χ1n) is 8.25. The third-order valence-electron chi connectivity index (χ3n) is 4.02. The molecule has 1 rings (SSSR count). The number of hydrogen-bond acceptors (Lipinski definition) is 6. The molecule has 0 aliphatic carbocycles. The fourth-order valence-electron chi connectivity index (χ4n) is 2.73. The maximum Gasteiger partial charge on any atom is 0.327 e. The van der Waals surface area contributed by atoms with Gasteiger partial charge in [0.05, 0.1) is 18.8 Å². The maximum absolute atomic E-state index is 12.3. The summed E-state index contributed by atoms with van der Waals surface area (Å²) in [6.07, 6.45) is 2.85. The first kappa shape index (κ1) is 21.1. The first-order chi connectivity index (χ1) is 11.3. The summed E-state index contributed by atoms with van der Waals surface area (Å²) in [5.74, 6) is -0.0905. The Kier molecular flexibility index (Phi) is 8.91. The molecule has 2 unspecified atom stereocenters. The Morgan fingerprint density at radius 2 is 2.04 bits per heavy atom. The van der Waals surface area contributed by atoms with E-state index in [-0.39, 0.29) is 30.6 Å². The minimum absolute atomic E-state index is 0.0389. The van der Waals surface area contributed by atoms with E-state index in [1.807, 2.05) is 0 Å². The van der Waals surface area contributed by atoms with Gasteiger partial charge in [0.15, 0.2) is 0 Å². The predicted molar refractivity (Wildman–Crippen MR) is 89.8 cm³/mol. The number of nitrogens with zero attached hydrogens (tertiary/aromatic N) is 1. The van der Waals surface area contributed by atoms with Gasteiger partial charge in [0, 0.05) is 40.2 Å². The lowest BCUT2D eigenvalue weighted by Crippen LogP contribution is -2.37. The molecule has 9 heteroatoms. The van der Waals surface area contributed by atoms with Gasteiger partial charge in [0.25, 0.3) is 0 Å². The number of unbranched alkanes of at least 4 members (excludes halogenated alkanes) is 2. The van der Waals surface area contributed by atoms with Crippen molar-refractivity contribution in [2.45, 2.75) is 51.2 Å². The number of aliphatic hydroxyl groups is 1. The maximum atomic E-state index is 12.3. The minimum atomic E-state index is -3.11. The van der Waals surface area contributed by atoms with Crippen molar-refractivity contribution < 1.29 is 28.3 Å². The number of carbonyl (C=O) groups excluding carboxylic acids is 2. The van der Waals surface area contributed by atoms with Crippen LogP contribution in [0.15, 0.2) is 0 Å². The van der Waals surface area contributed by atoms with Crippen LogP contribution in [0.25, 0.3) is 0 Å². The topological polar surface area (TPSA) is 105 Å². The van der Waals surface area contributed by atoms with Crippen LogP contribution in [0, 0.1) is 0 Å². The molecule has 0 spiro atoms. The average molecular weight is 364 g/mol. The highest BCUT2D eigenvalue weighted by Crippen LogP contribution is 2.45. The minimum Gasteiger partial charge on any atom is -0.394 e. The van der Waals surface area contributed by atoms with Gasteiger partial charge >= 0.3 is 7.60 Å². The van der Waals surface area contributed by atoms with E-state index < -0.39 is 7.60 Å². The van der Waals surface area contributed by atoms with Crippen LogP contribution >= 0.6 is 7.60 Å². The Balaban J connectivity index is 2.37. The third kappa shape index (κ3) is 7.30. The van der Waals surface area contributed by atoms with E-state index in [2.05, 4.69) is 5.32 Å². The third-order valence-corrected chi connectivity index (χ3v) is 5.37. The van der Waals surface area contributed by atoms with Crippen LogP contribution in [0.3, 0.4) is 0 Å². The number of rotatable bonds is 10. The number of carbonyl (C=O) groups is 2. The van der Waals surface area contributed by atoms with Crippen LogP contribution in [0.2, 0.25) is 0 Å². The molecule has 1 aliphatic heterocycles. The van der Waals surface area contributed by atoms with E-state index in [4.69, 9.17) is 9.05 Å². The summed E-state index contributed by atoms with van der Waals surface area (Å²) in [5, 5.41) is 12.2. The van der Waals surface area contributed by atoms with Crippen molar-refractivity contribution in [3.8, 4) is 0 Å². The standard InChI is InChI=1S/C15H29N2O6P/c1-12(19)16-8-6-4-5-7-15(20)17-10-14(9-13(17)11-18)23-24(3,21)22-2/h13-14,18H,4-11H2,1-3H3,(H,16,19)/t13-,14?,24?/m0/s1. The lowest BCUT2D eigenvalue weighted by Gasteiger charge is -2.23. The highest BCUT2D eigenvalue weighted by Gasteiger charge is 2.37. The zero-order valence-electron chi connectivity index (χ0n) is 14.7. The van der Waals surface area contributed by atoms with Gasteiger partial charge in [0.1, 0.15) is 0 Å². The number of aliphatic hydroxyl groups excluding tert-OH is 1. The van der Waals surface area contributed by atoms with Crippen molar-refractivity contribution in [3.05, 3.63) is 0 Å². The Bertz CT molecular complexity index is 473. The van der Waals surface area contributed by atoms with Gasteiger partial charge in [-0.05, 0) is 19.3 Å². The van der Waals surface area contributed by atoms with E-state index in [0.29, 0.717) is 25.9 Å². The zero-order valence-corrected chi connectivity index (χ0v) is 15.6. The van der Waals surface area contributed by atoms with Gasteiger partial charge in [0.2, 0.25) is 11.8 Å². The molecule has 0 aromatic heterocycles. The average Bonchev–Trinajstić information content (AvgIpc) is 2.92. The van der Waals surface area contributed by atoms with Crippen molar-refractivity contribution in [3.63, 3.8) is 0 Å². The molecular weight excluding hydrogens is 335 g/mol. The highest BCUT2D eigenvalue weighted by molar-refractivity contribution is 7.52. The van der Waals surface area contributed by atoms with Gasteiger partial charge < -0.3 is 24.4 Å². The van der Waals surface area contributed by atoms with Crippen molar-refractivity contribution in [1.82, 2.24) is 10.2 Å². The van der Waals surface area contributed by atoms with Crippen LogP contribution in [0.5, 0.6) is 0 Å². The second-order valence-corrected chi connectivity index (χ2v) is 8.21. The van der Waals surface area contributed by atoms with Crippen LogP contribution in [-0.4, -0.2) is 67.4 Å². The second-order valence-electron chi connectivity index (χ2n) is 6.09. The second kappa shape index (κ2) is 10.1. The molecule has 0 aromatic rings. The SMILES string of the molecule is COP(C)(=O)OC1C[C@@H](CO)N(C(=O)CCCCCNC(C)=O)C1. The summed E-state index contributed by atoms with van der Waals surface area (Å²) in [6.45, 7) is 3.65. The normalized spacial score (nSPS) is 23.1. The summed E-state index contributed by atoms with van der Waals surface area (Å²) in [6, 6.07) is -0.307. The Labute approximate surface area is 143 Å². The van der Waals surface area contributed by atoms with Gasteiger partial charge in [-0.3, -0.25) is 14.2 Å². The predicted octanol–water partition coefficient (Wildman–Crippen LogP) is 1.13. The fourth-order valence-corrected chi connectivity index (χ4v) is 3.51. The van der Waals surface area contributed by atoms with E-state index >= 15 is 0 Å². The summed E-state index contributed by atoms with van der Waals surface area (Å²) in [4.78, 5) is 24.7. The van der Waals surface area contributed by atoms with Crippen LogP contribution in [0.1, 0.15) is 39.0 Å². The lowest BCUT2D eigenvalue weighted by molar-refractivity contribution is -0.133. The highest BCUT2D eigenvalue weighted by atomic mass is 31.2. The Morgan fingerprint density at radius 3 is 2.62 bits per heavy atom. The van der Waals surface area contributed by atoms with Gasteiger partial charge in [-0.15, -0.1) is 0 Å². The smallest absolute Gasteiger partial charge is 0.327 e. The quantitative estimate of drug-likeness (QED) is 0.445. The molecule has 2 N–H and O–H groups in total. The molecule has 8 nitrogen and oxygen atoms in total. The summed E-state index contributed by atoms with van der Waals surface area (Å²) < 4.78 is 22.1. The van der Waals surface area contributed by atoms with Gasteiger partial charge in [-0.2, -0.15) is 0 Å². The lowest BCUT2D eigenvalue weighted by atomic mass is 10.1. The first-order valence-corrected chi connectivity index (χ1v) is 10.2. The molecule has 0 bridgehead atoms. The van der Waals surface area contributed by atoms with E-state index in [9.17, 15) is 19.3 Å². The van der Waals surface area contributed by atoms with E-state index in [0.717, 1.165) is 19.3 Å². The summed E-state index contributed by atoms with van der Waals surface area (Å²) >= 11 is 0. The fraction of sp³-hybridized carbons (Fsp3) is 0.867. The van der Waals surface area contributed by atoms with E-state index in [1.54, 1.807) is 4.90 Å². The number of likely N-dealkylation sites (tertiary alicyclic amines) is 1. The molecular formula is C15H29N2O6P. The molecule has 0 saturated carbocycles. The molecule has 1 aliphatic rings. The van der Waals surface area contributed by atoms with Crippen molar-refractivity contribution in [1.29, 1.82) is 0 Å². The molecule has 24 heavy (non-hydrogen) atoms. The van der Waals surface area contributed by atoms with Crippen molar-refractivity contribution >= 4 is 19.4 Å². The van der Waals surface area contributed by atoms with Gasteiger partial charge in [-0.1, -0.05) is 6.42 Å². The van der Waals surface area contributed by atoms with Crippen LogP contribution < -0.4 is 5.32 Å². The Morgan fingerprint density at radius 1 is 1.33 bits per heavy atom. The summed E-state index contributed by atoms with van der Waals surface area (Å²) in [5.41, 5.74) is 0. The van der Waals surface area contributed by atoms with Gasteiger partial charge in [-0.25, -0.2) is 0 Å². The van der Waals surface area contributed by atoms with Crippen LogP contribution in [-0.2, 0) is 23.2 Å². The largest absolute Gasteiger partial charge is 0.394 e. The molecule has 1 heterocycles. The van der Waals surface area contributed by atoms with Crippen molar-refractivity contribution in [2.24, 2.45) is 0 Å². The zero-order chi connectivity index (χ0) is 18.2. The molecule has 0 radical (unpaired) electrons. The van der Waals surface area contributed by atoms with Crippen molar-refractivity contribution in [2.75, 3.05) is 33.5 Å². The molecule has 1 fully saturated rings. The monoisotopic (exact) mass is 364 g/mol. The van der Waals surface area contributed by atoms with E-state index in [1.165, 1.54) is 20.7 Å². The molecule has 2 amide bonds. The molecule has 1 saturated heterocycles. The Hall–Kier alpha value is -0.950. The number of amides is 2. The molecule has 3 atom stereocenters. The summed E-state index contributed by atoms with van der Waals surface area (Å²) in [7, 11) is -1.79. The van der Waals surface area contributed by atoms with Crippen LogP contribution in [0.4, 0.5) is 0 Å². The number of hydrogen-bond donors (Lipinski definition) is 2.